The molecule has 1 N–H and O–H groups in total. The second-order valence-corrected chi connectivity index (χ2v) is 7.71. The van der Waals surface area contributed by atoms with E-state index in [4.69, 9.17) is 4.74 Å². The number of carbonyl (C=O) groups is 1. The normalized spacial score (nSPS) is 14.3. The third-order valence-corrected chi connectivity index (χ3v) is 5.60. The fraction of sp³-hybridized carbons (Fsp3) is 0.381. The summed E-state index contributed by atoms with van der Waals surface area (Å²) in [6, 6.07) is 14.5. The molecular weight excluding hydrogens is 344 g/mol. The number of nitrogens with zero attached hydrogens (tertiary/aromatic N) is 1. The average Bonchev–Trinajstić information content (AvgIpc) is 2.66. The molecule has 26 heavy (non-hydrogen) atoms. The van der Waals surface area contributed by atoms with Gasteiger partial charge in [-0.25, -0.2) is 0 Å². The molecule has 0 spiro atoms. The Balaban J connectivity index is 1.44. The van der Waals surface area contributed by atoms with Crippen molar-refractivity contribution in [2.45, 2.75) is 25.2 Å². The lowest BCUT2D eigenvalue weighted by Crippen LogP contribution is -2.36. The number of benzene rings is 2. The second kappa shape index (κ2) is 9.10. The molecule has 0 aromatic heterocycles. The Morgan fingerprint density at radius 3 is 2.50 bits per heavy atom. The maximum Gasteiger partial charge on any atom is 0.225 e. The third kappa shape index (κ3) is 5.26. The number of hydrogen-bond acceptors (Lipinski definition) is 4. The van der Waals surface area contributed by atoms with E-state index >= 15 is 0 Å². The molecule has 1 heterocycles. The molecule has 0 aliphatic carbocycles. The van der Waals surface area contributed by atoms with Gasteiger partial charge in [0.05, 0.1) is 13.2 Å². The summed E-state index contributed by atoms with van der Waals surface area (Å²) in [5.74, 6) is 0.834. The van der Waals surface area contributed by atoms with E-state index in [-0.39, 0.29) is 5.91 Å². The van der Waals surface area contributed by atoms with Gasteiger partial charge in [-0.2, -0.15) is 0 Å². The van der Waals surface area contributed by atoms with Crippen LogP contribution in [0.3, 0.4) is 0 Å². The molecule has 3 rings (SSSR count). The summed E-state index contributed by atoms with van der Waals surface area (Å²) < 4.78 is 5.38. The smallest absolute Gasteiger partial charge is 0.225 e. The quantitative estimate of drug-likeness (QED) is 0.772. The van der Waals surface area contributed by atoms with Gasteiger partial charge in [-0.05, 0) is 61.4 Å². The monoisotopic (exact) mass is 370 g/mol. The lowest BCUT2D eigenvalue weighted by Gasteiger charge is -2.28. The predicted octanol–water partition coefficient (Wildman–Crippen LogP) is 4.26. The first-order valence-corrected chi connectivity index (χ1v) is 10.0. The minimum atomic E-state index is 0.0560. The van der Waals surface area contributed by atoms with Crippen LogP contribution in [0.2, 0.25) is 0 Å². The number of rotatable bonds is 6. The molecule has 0 atom stereocenters. The molecule has 1 aliphatic heterocycles. The molecule has 5 heteroatoms. The van der Waals surface area contributed by atoms with E-state index in [0.717, 1.165) is 37.7 Å². The molecule has 2 aromatic rings. The fourth-order valence-electron chi connectivity index (χ4n) is 2.87. The van der Waals surface area contributed by atoms with E-state index in [1.165, 1.54) is 21.7 Å². The van der Waals surface area contributed by atoms with Crippen LogP contribution in [0.25, 0.3) is 0 Å². The first-order valence-electron chi connectivity index (χ1n) is 9.04. The average molecular weight is 371 g/mol. The molecule has 0 unspecified atom stereocenters. The van der Waals surface area contributed by atoms with E-state index < -0.39 is 0 Å². The molecule has 0 bridgehead atoms. The lowest BCUT2D eigenvalue weighted by molar-refractivity contribution is -0.115. The van der Waals surface area contributed by atoms with Crippen molar-refractivity contribution in [1.29, 1.82) is 0 Å². The van der Waals surface area contributed by atoms with E-state index in [1.54, 1.807) is 11.8 Å². The van der Waals surface area contributed by atoms with Gasteiger partial charge in [0.15, 0.2) is 0 Å². The molecule has 4 nitrogen and oxygen atoms in total. The zero-order chi connectivity index (χ0) is 18.4. The number of nitrogens with one attached hydrogen (secondary N) is 1. The number of anilines is 2. The predicted molar refractivity (Wildman–Crippen MR) is 109 cm³/mol. The number of ether oxygens (including phenoxy) is 1. The molecular formula is C21H26N2O2S. The zero-order valence-corrected chi connectivity index (χ0v) is 16.3. The largest absolute Gasteiger partial charge is 0.378 e. The second-order valence-electron chi connectivity index (χ2n) is 6.54. The van der Waals surface area contributed by atoms with E-state index in [1.807, 2.05) is 12.1 Å². The summed E-state index contributed by atoms with van der Waals surface area (Å²) in [7, 11) is 0. The maximum atomic E-state index is 12.2. The minimum Gasteiger partial charge on any atom is -0.378 e. The van der Waals surface area contributed by atoms with Gasteiger partial charge in [0, 0.05) is 41.5 Å². The summed E-state index contributed by atoms with van der Waals surface area (Å²) in [5.41, 5.74) is 4.62. The van der Waals surface area contributed by atoms with Gasteiger partial charge in [0.25, 0.3) is 0 Å². The standard InChI is InChI=1S/C21H26N2O2S/c1-16-3-8-20(15-17(16)2)26-14-9-21(24)22-18-4-6-19(7-5-18)23-10-12-25-13-11-23/h3-8,15H,9-14H2,1-2H3,(H,22,24). The van der Waals surface area contributed by atoms with Gasteiger partial charge in [0.1, 0.15) is 0 Å². The van der Waals surface area contributed by atoms with E-state index in [0.29, 0.717) is 6.42 Å². The van der Waals surface area contributed by atoms with Crippen LogP contribution in [0.4, 0.5) is 11.4 Å². The van der Waals surface area contributed by atoms with Gasteiger partial charge < -0.3 is 15.0 Å². The Kier molecular flexibility index (Phi) is 6.58. The number of thioether (sulfide) groups is 1. The van der Waals surface area contributed by atoms with Crippen molar-refractivity contribution in [3.63, 3.8) is 0 Å². The van der Waals surface area contributed by atoms with Crippen LogP contribution in [-0.2, 0) is 9.53 Å². The van der Waals surface area contributed by atoms with Crippen molar-refractivity contribution in [3.05, 3.63) is 53.6 Å². The van der Waals surface area contributed by atoms with Crippen LogP contribution < -0.4 is 10.2 Å². The Labute approximate surface area is 159 Å². The summed E-state index contributed by atoms with van der Waals surface area (Å²) >= 11 is 1.72. The number of aryl methyl sites for hydroxylation is 2. The number of hydrogen-bond donors (Lipinski definition) is 1. The molecule has 0 saturated carbocycles. The number of morpholine rings is 1. The summed E-state index contributed by atoms with van der Waals surface area (Å²) in [6.07, 6.45) is 0.503. The fourth-order valence-corrected chi connectivity index (χ4v) is 3.81. The molecule has 1 amide bonds. The Bertz CT molecular complexity index is 740. The van der Waals surface area contributed by atoms with Gasteiger partial charge in [-0.15, -0.1) is 11.8 Å². The van der Waals surface area contributed by atoms with Crippen LogP contribution in [0.5, 0.6) is 0 Å². The maximum absolute atomic E-state index is 12.2. The topological polar surface area (TPSA) is 41.6 Å². The third-order valence-electron chi connectivity index (χ3n) is 4.60. The highest BCUT2D eigenvalue weighted by molar-refractivity contribution is 7.99. The molecule has 1 aliphatic rings. The van der Waals surface area contributed by atoms with Crippen molar-refractivity contribution in [2.75, 3.05) is 42.3 Å². The first kappa shape index (κ1) is 18.8. The summed E-state index contributed by atoms with van der Waals surface area (Å²) in [4.78, 5) is 15.7. The van der Waals surface area contributed by atoms with Crippen LogP contribution in [0, 0.1) is 13.8 Å². The van der Waals surface area contributed by atoms with Crippen molar-refractivity contribution in [1.82, 2.24) is 0 Å². The Morgan fingerprint density at radius 1 is 1.08 bits per heavy atom. The number of carbonyl (C=O) groups excluding carboxylic acids is 1. The number of amides is 1. The van der Waals surface area contributed by atoms with Crippen molar-refractivity contribution in [3.8, 4) is 0 Å². The van der Waals surface area contributed by atoms with Crippen molar-refractivity contribution in [2.24, 2.45) is 0 Å². The van der Waals surface area contributed by atoms with Crippen LogP contribution in [0.1, 0.15) is 17.5 Å². The van der Waals surface area contributed by atoms with Crippen LogP contribution in [-0.4, -0.2) is 38.0 Å². The van der Waals surface area contributed by atoms with Crippen molar-refractivity contribution >= 4 is 29.0 Å². The van der Waals surface area contributed by atoms with Crippen LogP contribution >= 0.6 is 11.8 Å². The highest BCUT2D eigenvalue weighted by Crippen LogP contribution is 2.22. The Morgan fingerprint density at radius 2 is 1.81 bits per heavy atom. The Hall–Kier alpha value is -1.98. The van der Waals surface area contributed by atoms with Gasteiger partial charge in [0.2, 0.25) is 5.91 Å². The molecule has 1 fully saturated rings. The molecule has 138 valence electrons. The van der Waals surface area contributed by atoms with Gasteiger partial charge >= 0.3 is 0 Å². The zero-order valence-electron chi connectivity index (χ0n) is 15.5. The van der Waals surface area contributed by atoms with Gasteiger partial charge in [-0.1, -0.05) is 6.07 Å². The highest BCUT2D eigenvalue weighted by atomic mass is 32.2. The molecule has 1 saturated heterocycles. The van der Waals surface area contributed by atoms with E-state index in [9.17, 15) is 4.79 Å². The van der Waals surface area contributed by atoms with E-state index in [2.05, 4.69) is 54.4 Å². The van der Waals surface area contributed by atoms with Crippen LogP contribution in [0.15, 0.2) is 47.4 Å². The first-order chi connectivity index (χ1) is 12.6. The lowest BCUT2D eigenvalue weighted by atomic mass is 10.1. The SMILES string of the molecule is Cc1ccc(SCCC(=O)Nc2ccc(N3CCOCC3)cc2)cc1C. The minimum absolute atomic E-state index is 0.0560. The summed E-state index contributed by atoms with van der Waals surface area (Å²) in [5, 5.41) is 2.98. The van der Waals surface area contributed by atoms with Gasteiger partial charge in [-0.3, -0.25) is 4.79 Å². The summed E-state index contributed by atoms with van der Waals surface area (Å²) in [6.45, 7) is 7.62. The highest BCUT2D eigenvalue weighted by Gasteiger charge is 2.11. The molecule has 2 aromatic carbocycles. The van der Waals surface area contributed by atoms with Crippen molar-refractivity contribution < 1.29 is 9.53 Å². The molecule has 0 radical (unpaired) electrons.